The third-order valence-corrected chi connectivity index (χ3v) is 8.73. The minimum Gasteiger partial charge on any atom is -0.308 e. The van der Waals surface area contributed by atoms with Crippen molar-refractivity contribution >= 4 is 48.9 Å². The number of nitrogens with zero attached hydrogens (tertiary/aromatic N) is 1. The molecule has 7 aromatic carbocycles. The molecule has 0 spiro atoms. The first kappa shape index (κ1) is 22.4. The van der Waals surface area contributed by atoms with Crippen molar-refractivity contribution < 1.29 is 0 Å². The maximum Gasteiger partial charge on any atom is 0.0626 e. The monoisotopic (exact) mass is 519 g/mol. The van der Waals surface area contributed by atoms with Crippen LogP contribution < -0.4 is 0 Å². The smallest absolute Gasteiger partial charge is 0.0626 e. The Balaban J connectivity index is 1.24. The molecule has 9 aromatic rings. The quantitative estimate of drug-likeness (QED) is 0.219. The molecule has 190 valence electrons. The van der Waals surface area contributed by atoms with Gasteiger partial charge in [0.1, 0.15) is 0 Å². The SMILES string of the molecule is c1ccc(-c2ccccc2-c2ccc(-c3ccc4c(c3)c3c5ccccc5cc5c6ccccc6n4c53)cc2)cc1. The maximum absolute atomic E-state index is 2.47. The standard InChI is InChI=1S/C40H25N/c1-2-10-27(11-3-1)31-13-6-7-14-32(31)28-20-18-26(19-21-28)29-22-23-38-36(24-29)39-33-15-5-4-12-30(33)25-35-34-16-8-9-17-37(34)41(38)40(35)39/h1-25H. The average molecular weight is 520 g/mol. The lowest BCUT2D eigenvalue weighted by atomic mass is 9.93. The van der Waals surface area contributed by atoms with Gasteiger partial charge in [0, 0.05) is 21.5 Å². The van der Waals surface area contributed by atoms with Gasteiger partial charge in [-0.2, -0.15) is 0 Å². The fraction of sp³-hybridized carbons (Fsp3) is 0. The topological polar surface area (TPSA) is 4.41 Å². The lowest BCUT2D eigenvalue weighted by Crippen LogP contribution is -1.86. The second kappa shape index (κ2) is 8.55. The van der Waals surface area contributed by atoms with Crippen LogP contribution >= 0.6 is 0 Å². The highest BCUT2D eigenvalue weighted by atomic mass is 14.9. The van der Waals surface area contributed by atoms with Crippen molar-refractivity contribution in [3.8, 4) is 33.4 Å². The molecule has 0 N–H and O–H groups in total. The van der Waals surface area contributed by atoms with Gasteiger partial charge in [0.15, 0.2) is 0 Å². The van der Waals surface area contributed by atoms with Crippen LogP contribution in [-0.4, -0.2) is 4.40 Å². The van der Waals surface area contributed by atoms with E-state index in [1.807, 2.05) is 0 Å². The number of aromatic nitrogens is 1. The molecule has 0 amide bonds. The van der Waals surface area contributed by atoms with Crippen LogP contribution in [0, 0.1) is 0 Å². The van der Waals surface area contributed by atoms with Gasteiger partial charge in [0.25, 0.3) is 0 Å². The van der Waals surface area contributed by atoms with E-state index in [0.717, 1.165) is 0 Å². The van der Waals surface area contributed by atoms with Crippen molar-refractivity contribution in [3.05, 3.63) is 152 Å². The van der Waals surface area contributed by atoms with Crippen LogP contribution in [0.25, 0.3) is 82.2 Å². The fourth-order valence-electron chi connectivity index (χ4n) is 6.87. The summed E-state index contributed by atoms with van der Waals surface area (Å²) in [6.45, 7) is 0. The number of hydrogen-bond acceptors (Lipinski definition) is 0. The zero-order valence-corrected chi connectivity index (χ0v) is 22.4. The molecule has 0 aliphatic heterocycles. The summed E-state index contributed by atoms with van der Waals surface area (Å²) >= 11 is 0. The molecule has 2 aromatic heterocycles. The Bertz CT molecular complexity index is 2390. The van der Waals surface area contributed by atoms with Crippen LogP contribution in [0.5, 0.6) is 0 Å². The highest BCUT2D eigenvalue weighted by Crippen LogP contribution is 2.44. The number of fused-ring (bicyclic) bond motifs is 8. The molecule has 0 unspecified atom stereocenters. The van der Waals surface area contributed by atoms with Crippen molar-refractivity contribution in [1.29, 1.82) is 0 Å². The van der Waals surface area contributed by atoms with E-state index in [9.17, 15) is 0 Å². The molecule has 0 aliphatic rings. The Morgan fingerprint density at radius 2 is 0.927 bits per heavy atom. The maximum atomic E-state index is 2.47. The summed E-state index contributed by atoms with van der Waals surface area (Å²) in [5, 5.41) is 7.90. The number of benzene rings is 7. The second-order valence-electron chi connectivity index (χ2n) is 10.9. The van der Waals surface area contributed by atoms with Crippen molar-refractivity contribution in [2.24, 2.45) is 0 Å². The zero-order valence-electron chi connectivity index (χ0n) is 22.4. The van der Waals surface area contributed by atoms with Crippen LogP contribution in [0.3, 0.4) is 0 Å². The van der Waals surface area contributed by atoms with Crippen LogP contribution in [0.4, 0.5) is 0 Å². The van der Waals surface area contributed by atoms with Crippen LogP contribution in [0.15, 0.2) is 152 Å². The van der Waals surface area contributed by atoms with Gasteiger partial charge in [0.05, 0.1) is 16.6 Å². The Morgan fingerprint density at radius 3 is 1.73 bits per heavy atom. The summed E-state index contributed by atoms with van der Waals surface area (Å²) in [6, 6.07) is 55.3. The Hall–Kier alpha value is -5.40. The van der Waals surface area contributed by atoms with Gasteiger partial charge in [-0.05, 0) is 68.4 Å². The number of hydrogen-bond donors (Lipinski definition) is 0. The Kier molecular flexibility index (Phi) is 4.67. The third kappa shape index (κ3) is 3.24. The predicted molar refractivity (Wildman–Crippen MR) is 175 cm³/mol. The van der Waals surface area contributed by atoms with E-state index in [4.69, 9.17) is 0 Å². The van der Waals surface area contributed by atoms with Gasteiger partial charge in [-0.1, -0.05) is 127 Å². The molecule has 0 saturated carbocycles. The first-order valence-electron chi connectivity index (χ1n) is 14.2. The summed E-state index contributed by atoms with van der Waals surface area (Å²) in [4.78, 5) is 0. The molecular formula is C40H25N. The molecule has 41 heavy (non-hydrogen) atoms. The van der Waals surface area contributed by atoms with E-state index < -0.39 is 0 Å². The van der Waals surface area contributed by atoms with Crippen LogP contribution in [0.1, 0.15) is 0 Å². The molecule has 0 bridgehead atoms. The Morgan fingerprint density at radius 1 is 0.341 bits per heavy atom. The molecule has 9 rings (SSSR count). The van der Waals surface area contributed by atoms with Gasteiger partial charge in [-0.15, -0.1) is 0 Å². The molecule has 2 heterocycles. The summed E-state index contributed by atoms with van der Waals surface area (Å²) in [6.07, 6.45) is 0. The van der Waals surface area contributed by atoms with Crippen molar-refractivity contribution in [3.63, 3.8) is 0 Å². The fourth-order valence-corrected chi connectivity index (χ4v) is 6.87. The molecule has 1 heteroatoms. The first-order valence-corrected chi connectivity index (χ1v) is 14.2. The number of para-hydroxylation sites is 1. The van der Waals surface area contributed by atoms with Gasteiger partial charge in [-0.3, -0.25) is 0 Å². The van der Waals surface area contributed by atoms with E-state index in [2.05, 4.69) is 156 Å². The highest BCUT2D eigenvalue weighted by molar-refractivity contribution is 6.31. The van der Waals surface area contributed by atoms with Gasteiger partial charge < -0.3 is 4.40 Å². The molecule has 0 fully saturated rings. The molecule has 0 aliphatic carbocycles. The lowest BCUT2D eigenvalue weighted by molar-refractivity contribution is 1.37. The van der Waals surface area contributed by atoms with Gasteiger partial charge in [-0.25, -0.2) is 0 Å². The van der Waals surface area contributed by atoms with Crippen LogP contribution in [0.2, 0.25) is 0 Å². The second-order valence-corrected chi connectivity index (χ2v) is 10.9. The average Bonchev–Trinajstić information content (AvgIpc) is 3.56. The predicted octanol–water partition coefficient (Wildman–Crippen LogP) is 11.0. The first-order chi connectivity index (χ1) is 20.3. The molecular weight excluding hydrogens is 494 g/mol. The highest BCUT2D eigenvalue weighted by Gasteiger charge is 2.20. The summed E-state index contributed by atoms with van der Waals surface area (Å²) in [5.41, 5.74) is 11.3. The van der Waals surface area contributed by atoms with Gasteiger partial charge in [0.2, 0.25) is 0 Å². The number of rotatable bonds is 3. The van der Waals surface area contributed by atoms with Gasteiger partial charge >= 0.3 is 0 Å². The van der Waals surface area contributed by atoms with E-state index in [-0.39, 0.29) is 0 Å². The molecule has 0 radical (unpaired) electrons. The van der Waals surface area contributed by atoms with E-state index in [1.54, 1.807) is 0 Å². The minimum absolute atomic E-state index is 1.23. The zero-order chi connectivity index (χ0) is 26.9. The summed E-state index contributed by atoms with van der Waals surface area (Å²) in [5.74, 6) is 0. The van der Waals surface area contributed by atoms with Crippen molar-refractivity contribution in [2.45, 2.75) is 0 Å². The van der Waals surface area contributed by atoms with E-state index >= 15 is 0 Å². The normalized spacial score (nSPS) is 11.9. The van der Waals surface area contributed by atoms with E-state index in [0.29, 0.717) is 0 Å². The Labute approximate surface area is 237 Å². The summed E-state index contributed by atoms with van der Waals surface area (Å²) in [7, 11) is 0. The van der Waals surface area contributed by atoms with Crippen molar-refractivity contribution in [1.82, 2.24) is 4.40 Å². The van der Waals surface area contributed by atoms with Crippen LogP contribution in [-0.2, 0) is 0 Å². The molecule has 0 saturated heterocycles. The molecule has 0 atom stereocenters. The lowest BCUT2D eigenvalue weighted by Gasteiger charge is -2.11. The van der Waals surface area contributed by atoms with E-state index in [1.165, 1.54) is 82.2 Å². The largest absolute Gasteiger partial charge is 0.308 e. The molecule has 1 nitrogen and oxygen atoms in total. The summed E-state index contributed by atoms with van der Waals surface area (Å²) < 4.78 is 2.47. The van der Waals surface area contributed by atoms with Crippen molar-refractivity contribution in [2.75, 3.05) is 0 Å². The minimum atomic E-state index is 1.23. The third-order valence-electron chi connectivity index (χ3n) is 8.73.